The van der Waals surface area contributed by atoms with Crippen LogP contribution in [0.1, 0.15) is 24.1 Å². The number of amides is 2. The Morgan fingerprint density at radius 1 is 1.27 bits per heavy atom. The summed E-state index contributed by atoms with van der Waals surface area (Å²) in [6, 6.07) is 11.2. The summed E-state index contributed by atoms with van der Waals surface area (Å²) in [6.45, 7) is 2.36. The highest BCUT2D eigenvalue weighted by Crippen LogP contribution is 2.32. The lowest BCUT2D eigenvalue weighted by molar-refractivity contribution is -0.384. The van der Waals surface area contributed by atoms with Crippen LogP contribution in [0.4, 0.5) is 10.5 Å². The number of benzene rings is 2. The molecule has 0 aliphatic carbocycles. The van der Waals surface area contributed by atoms with E-state index in [1.165, 1.54) is 17.0 Å². The molecule has 0 radical (unpaired) electrons. The summed E-state index contributed by atoms with van der Waals surface area (Å²) in [6.07, 6.45) is 0. The number of carbonyl (C=O) groups is 1. The predicted octanol–water partition coefficient (Wildman–Crippen LogP) is 3.23. The normalized spacial score (nSPS) is 13.2. The van der Waals surface area contributed by atoms with E-state index in [4.69, 9.17) is 9.47 Å². The molecular weight excluding hydrogens is 338 g/mol. The van der Waals surface area contributed by atoms with E-state index >= 15 is 0 Å². The Balaban J connectivity index is 1.62. The van der Waals surface area contributed by atoms with Crippen LogP contribution in [0.2, 0.25) is 0 Å². The van der Waals surface area contributed by atoms with Gasteiger partial charge in [0, 0.05) is 25.7 Å². The number of carbonyl (C=O) groups excluding carboxylic acids is 1. The number of nitrogens with one attached hydrogen (secondary N) is 1. The van der Waals surface area contributed by atoms with Gasteiger partial charge < -0.3 is 19.7 Å². The summed E-state index contributed by atoms with van der Waals surface area (Å²) in [5, 5.41) is 13.7. The minimum absolute atomic E-state index is 0.00326. The van der Waals surface area contributed by atoms with Crippen LogP contribution in [0, 0.1) is 10.1 Å². The SMILES string of the molecule is C[C@@H](c1cccc([N+](=O)[O-])c1)N(C)C(=O)NCc1ccc2c(c1)OCO2. The number of ether oxygens (including phenoxy) is 2. The van der Waals surface area contributed by atoms with Crippen molar-refractivity contribution in [3.05, 3.63) is 63.7 Å². The van der Waals surface area contributed by atoms with Gasteiger partial charge >= 0.3 is 6.03 Å². The molecular formula is C18H19N3O5. The first-order valence-corrected chi connectivity index (χ1v) is 8.09. The first kappa shape index (κ1) is 17.5. The van der Waals surface area contributed by atoms with E-state index in [1.807, 2.05) is 19.1 Å². The summed E-state index contributed by atoms with van der Waals surface area (Å²) < 4.78 is 10.6. The number of nitrogens with zero attached hydrogens (tertiary/aromatic N) is 2. The minimum atomic E-state index is -0.448. The molecule has 26 heavy (non-hydrogen) atoms. The monoisotopic (exact) mass is 357 g/mol. The fourth-order valence-corrected chi connectivity index (χ4v) is 2.65. The van der Waals surface area contributed by atoms with Crippen molar-refractivity contribution in [3.63, 3.8) is 0 Å². The molecule has 2 aromatic rings. The number of urea groups is 1. The van der Waals surface area contributed by atoms with Crippen LogP contribution in [0.15, 0.2) is 42.5 Å². The number of fused-ring (bicyclic) bond motifs is 1. The lowest BCUT2D eigenvalue weighted by atomic mass is 10.1. The molecule has 0 bridgehead atoms. The van der Waals surface area contributed by atoms with Crippen molar-refractivity contribution in [2.45, 2.75) is 19.5 Å². The van der Waals surface area contributed by atoms with Gasteiger partial charge in [-0.15, -0.1) is 0 Å². The van der Waals surface area contributed by atoms with E-state index in [0.29, 0.717) is 23.6 Å². The molecule has 3 rings (SSSR count). The molecule has 0 fully saturated rings. The quantitative estimate of drug-likeness (QED) is 0.655. The maximum atomic E-state index is 12.4. The second kappa shape index (κ2) is 7.30. The van der Waals surface area contributed by atoms with Gasteiger partial charge in [-0.05, 0) is 30.2 Å². The summed E-state index contributed by atoms with van der Waals surface area (Å²) >= 11 is 0. The molecule has 8 heteroatoms. The highest BCUT2D eigenvalue weighted by molar-refractivity contribution is 5.74. The van der Waals surface area contributed by atoms with Crippen molar-refractivity contribution in [2.75, 3.05) is 13.8 Å². The molecule has 1 N–H and O–H groups in total. The zero-order valence-corrected chi connectivity index (χ0v) is 14.5. The van der Waals surface area contributed by atoms with Gasteiger partial charge in [0.05, 0.1) is 11.0 Å². The van der Waals surface area contributed by atoms with Crippen molar-refractivity contribution in [1.29, 1.82) is 0 Å². The van der Waals surface area contributed by atoms with Gasteiger partial charge in [0.1, 0.15) is 0 Å². The smallest absolute Gasteiger partial charge is 0.317 e. The lowest BCUT2D eigenvalue weighted by Gasteiger charge is -2.25. The molecule has 2 amide bonds. The number of nitro groups is 1. The van der Waals surface area contributed by atoms with Gasteiger partial charge in [-0.25, -0.2) is 4.79 Å². The average molecular weight is 357 g/mol. The maximum absolute atomic E-state index is 12.4. The van der Waals surface area contributed by atoms with Gasteiger partial charge in [-0.2, -0.15) is 0 Å². The van der Waals surface area contributed by atoms with Crippen LogP contribution in [0.5, 0.6) is 11.5 Å². The maximum Gasteiger partial charge on any atom is 0.317 e. The molecule has 0 saturated carbocycles. The van der Waals surface area contributed by atoms with Crippen molar-refractivity contribution in [1.82, 2.24) is 10.2 Å². The summed E-state index contributed by atoms with van der Waals surface area (Å²) in [5.74, 6) is 1.35. The van der Waals surface area contributed by atoms with Gasteiger partial charge in [0.2, 0.25) is 6.79 Å². The highest BCUT2D eigenvalue weighted by atomic mass is 16.7. The Morgan fingerprint density at radius 3 is 2.81 bits per heavy atom. The van der Waals surface area contributed by atoms with E-state index in [9.17, 15) is 14.9 Å². The van der Waals surface area contributed by atoms with Crippen LogP contribution in [-0.4, -0.2) is 29.7 Å². The number of rotatable bonds is 5. The van der Waals surface area contributed by atoms with Crippen LogP contribution in [-0.2, 0) is 6.54 Å². The van der Waals surface area contributed by atoms with Gasteiger partial charge in [0.25, 0.3) is 5.69 Å². The second-order valence-electron chi connectivity index (χ2n) is 5.99. The van der Waals surface area contributed by atoms with E-state index in [2.05, 4.69) is 5.32 Å². The fourth-order valence-electron chi connectivity index (χ4n) is 2.65. The fraction of sp³-hybridized carbons (Fsp3) is 0.278. The van der Waals surface area contributed by atoms with E-state index in [0.717, 1.165) is 5.56 Å². The summed E-state index contributed by atoms with van der Waals surface area (Å²) in [4.78, 5) is 24.4. The third-order valence-electron chi connectivity index (χ3n) is 4.35. The average Bonchev–Trinajstić information content (AvgIpc) is 3.12. The highest BCUT2D eigenvalue weighted by Gasteiger charge is 2.19. The standard InChI is InChI=1S/C18H19N3O5/c1-12(14-4-3-5-15(9-14)21(23)24)20(2)18(22)19-10-13-6-7-16-17(8-13)26-11-25-16/h3-9,12H,10-11H2,1-2H3,(H,19,22)/t12-/m0/s1. The lowest BCUT2D eigenvalue weighted by Crippen LogP contribution is -2.38. The molecule has 136 valence electrons. The molecule has 1 atom stereocenters. The minimum Gasteiger partial charge on any atom is -0.454 e. The first-order chi connectivity index (χ1) is 12.5. The molecule has 1 aliphatic heterocycles. The van der Waals surface area contributed by atoms with Crippen LogP contribution >= 0.6 is 0 Å². The van der Waals surface area contributed by atoms with Crippen molar-refractivity contribution >= 4 is 11.7 Å². The molecule has 0 saturated heterocycles. The molecule has 0 spiro atoms. The topological polar surface area (TPSA) is 93.9 Å². The Labute approximate surface area is 150 Å². The van der Waals surface area contributed by atoms with Crippen molar-refractivity contribution < 1.29 is 19.2 Å². The second-order valence-corrected chi connectivity index (χ2v) is 5.99. The van der Waals surface area contributed by atoms with E-state index in [1.54, 1.807) is 25.2 Å². The molecule has 1 aliphatic rings. The molecule has 0 unspecified atom stereocenters. The summed E-state index contributed by atoms with van der Waals surface area (Å²) in [7, 11) is 1.65. The third kappa shape index (κ3) is 3.69. The Hall–Kier alpha value is -3.29. The molecule has 0 aromatic heterocycles. The zero-order valence-electron chi connectivity index (χ0n) is 14.5. The van der Waals surface area contributed by atoms with E-state index in [-0.39, 0.29) is 24.6 Å². The van der Waals surface area contributed by atoms with Gasteiger partial charge in [0.15, 0.2) is 11.5 Å². The Morgan fingerprint density at radius 2 is 2.04 bits per heavy atom. The first-order valence-electron chi connectivity index (χ1n) is 8.09. The summed E-state index contributed by atoms with van der Waals surface area (Å²) in [5.41, 5.74) is 1.59. The van der Waals surface area contributed by atoms with Crippen LogP contribution in [0.25, 0.3) is 0 Å². The van der Waals surface area contributed by atoms with Crippen molar-refractivity contribution in [2.24, 2.45) is 0 Å². The molecule has 8 nitrogen and oxygen atoms in total. The molecule has 2 aromatic carbocycles. The number of non-ortho nitro benzene ring substituents is 1. The molecule has 1 heterocycles. The predicted molar refractivity (Wildman–Crippen MR) is 94.1 cm³/mol. The number of hydrogen-bond acceptors (Lipinski definition) is 5. The number of nitro benzene ring substituents is 1. The van der Waals surface area contributed by atoms with Crippen LogP contribution < -0.4 is 14.8 Å². The Bertz CT molecular complexity index is 839. The third-order valence-corrected chi connectivity index (χ3v) is 4.35. The Kier molecular flexibility index (Phi) is 4.92. The van der Waals surface area contributed by atoms with Crippen LogP contribution in [0.3, 0.4) is 0 Å². The van der Waals surface area contributed by atoms with Gasteiger partial charge in [-0.3, -0.25) is 10.1 Å². The van der Waals surface area contributed by atoms with E-state index < -0.39 is 4.92 Å². The zero-order chi connectivity index (χ0) is 18.7. The largest absolute Gasteiger partial charge is 0.454 e. The number of hydrogen-bond donors (Lipinski definition) is 1. The van der Waals surface area contributed by atoms with Gasteiger partial charge in [-0.1, -0.05) is 18.2 Å². The van der Waals surface area contributed by atoms with Crippen molar-refractivity contribution in [3.8, 4) is 11.5 Å².